The number of rotatable bonds is 4. The molecular formula is C23H28F3N5O. The van der Waals surface area contributed by atoms with Crippen molar-refractivity contribution in [1.82, 2.24) is 4.98 Å². The predicted molar refractivity (Wildman–Crippen MR) is 119 cm³/mol. The smallest absolute Gasteiger partial charge is 0.260 e. The van der Waals surface area contributed by atoms with Crippen molar-refractivity contribution in [3.05, 3.63) is 59.7 Å². The third kappa shape index (κ3) is 9.16. The first kappa shape index (κ1) is 26.6. The van der Waals surface area contributed by atoms with Crippen LogP contribution in [-0.2, 0) is 4.79 Å². The van der Waals surface area contributed by atoms with Gasteiger partial charge < -0.3 is 11.1 Å². The number of anilines is 1. The van der Waals surface area contributed by atoms with Crippen LogP contribution in [-0.4, -0.2) is 29.7 Å². The number of halogens is 3. The summed E-state index contributed by atoms with van der Waals surface area (Å²) in [7, 11) is 0. The minimum absolute atomic E-state index is 0.190. The first-order valence-corrected chi connectivity index (χ1v) is 10.1. The Balaban J connectivity index is 0.000000245. The lowest BCUT2D eigenvalue weighted by Gasteiger charge is -2.30. The fraction of sp³-hybridized carbons (Fsp3) is 0.391. The molecule has 2 heterocycles. The van der Waals surface area contributed by atoms with Crippen LogP contribution in [0.15, 0.2) is 47.6 Å². The zero-order valence-electron chi connectivity index (χ0n) is 18.3. The van der Waals surface area contributed by atoms with Gasteiger partial charge in [0, 0.05) is 23.5 Å². The fourth-order valence-electron chi connectivity index (χ4n) is 3.10. The molecule has 6 nitrogen and oxygen atoms in total. The average molecular weight is 448 g/mol. The van der Waals surface area contributed by atoms with Gasteiger partial charge in [-0.05, 0) is 62.1 Å². The molecule has 1 aromatic carbocycles. The number of pyridine rings is 1. The number of nitrogens with two attached hydrogens (primary N) is 1. The number of nitrogens with zero attached hydrogens (tertiary/aromatic N) is 3. The SMILES string of the molecule is CCC1C(N)=NC(C(F)F)C[C@H]1C.Cc1ccc(C#N)cn1.O=CNc1ccc(F)cc1. The van der Waals surface area contributed by atoms with Gasteiger partial charge in [0.25, 0.3) is 6.43 Å². The summed E-state index contributed by atoms with van der Waals surface area (Å²) in [6.45, 7) is 5.86. The molecule has 1 amide bonds. The quantitative estimate of drug-likeness (QED) is 0.663. The van der Waals surface area contributed by atoms with Crippen molar-refractivity contribution < 1.29 is 18.0 Å². The molecule has 0 bridgehead atoms. The number of nitriles is 1. The van der Waals surface area contributed by atoms with Gasteiger partial charge >= 0.3 is 0 Å². The second-order valence-corrected chi connectivity index (χ2v) is 7.25. The molecule has 32 heavy (non-hydrogen) atoms. The van der Waals surface area contributed by atoms with E-state index in [0.717, 1.165) is 12.1 Å². The first-order chi connectivity index (χ1) is 15.2. The highest BCUT2D eigenvalue weighted by Gasteiger charge is 2.32. The number of carbonyl (C=O) groups is 1. The lowest BCUT2D eigenvalue weighted by Crippen LogP contribution is -2.38. The number of amidine groups is 1. The number of aliphatic imine (C=N–C) groups is 1. The lowest BCUT2D eigenvalue weighted by atomic mass is 9.83. The second-order valence-electron chi connectivity index (χ2n) is 7.25. The molecule has 0 aliphatic carbocycles. The molecule has 0 spiro atoms. The number of aromatic nitrogens is 1. The summed E-state index contributed by atoms with van der Waals surface area (Å²) >= 11 is 0. The monoisotopic (exact) mass is 447 g/mol. The minimum atomic E-state index is -2.38. The van der Waals surface area contributed by atoms with E-state index in [0.29, 0.717) is 29.9 Å². The largest absolute Gasteiger partial charge is 0.387 e. The maximum absolute atomic E-state index is 12.3. The maximum Gasteiger partial charge on any atom is 0.260 e. The normalized spacial score (nSPS) is 19.3. The zero-order valence-corrected chi connectivity index (χ0v) is 18.3. The van der Waals surface area contributed by atoms with Gasteiger partial charge in [0.05, 0.1) is 11.4 Å². The van der Waals surface area contributed by atoms with E-state index in [1.165, 1.54) is 24.3 Å². The van der Waals surface area contributed by atoms with Crippen molar-refractivity contribution in [1.29, 1.82) is 5.26 Å². The molecule has 0 fully saturated rings. The molecule has 1 aliphatic heterocycles. The summed E-state index contributed by atoms with van der Waals surface area (Å²) in [5.74, 6) is 0.513. The van der Waals surface area contributed by atoms with E-state index in [9.17, 15) is 18.0 Å². The van der Waals surface area contributed by atoms with E-state index in [-0.39, 0.29) is 17.7 Å². The summed E-state index contributed by atoms with van der Waals surface area (Å²) in [6, 6.07) is 10.2. The Morgan fingerprint density at radius 2 is 1.94 bits per heavy atom. The van der Waals surface area contributed by atoms with E-state index in [1.807, 2.05) is 32.9 Å². The van der Waals surface area contributed by atoms with Gasteiger partial charge in [-0.25, -0.2) is 13.2 Å². The van der Waals surface area contributed by atoms with Crippen LogP contribution < -0.4 is 11.1 Å². The van der Waals surface area contributed by atoms with Gasteiger partial charge in [-0.3, -0.25) is 14.8 Å². The van der Waals surface area contributed by atoms with Crippen LogP contribution >= 0.6 is 0 Å². The van der Waals surface area contributed by atoms with Gasteiger partial charge in [-0.1, -0.05) is 13.8 Å². The Morgan fingerprint density at radius 3 is 2.38 bits per heavy atom. The van der Waals surface area contributed by atoms with Gasteiger partial charge in [0.2, 0.25) is 6.41 Å². The van der Waals surface area contributed by atoms with Crippen LogP contribution in [0.1, 0.15) is 37.9 Å². The van der Waals surface area contributed by atoms with Crippen LogP contribution in [0, 0.1) is 35.9 Å². The average Bonchev–Trinajstić information content (AvgIpc) is 2.77. The molecule has 0 saturated heterocycles. The molecule has 3 N–H and O–H groups in total. The van der Waals surface area contributed by atoms with Crippen LogP contribution in [0.25, 0.3) is 0 Å². The number of benzene rings is 1. The number of alkyl halides is 2. The predicted octanol–water partition coefficient (Wildman–Crippen LogP) is 4.70. The molecule has 0 saturated carbocycles. The molecule has 3 atom stereocenters. The Bertz CT molecular complexity index is 895. The topological polar surface area (TPSA) is 104 Å². The highest BCUT2D eigenvalue weighted by Crippen LogP contribution is 2.29. The summed E-state index contributed by atoms with van der Waals surface area (Å²) in [5.41, 5.74) is 7.77. The number of hydrogen-bond donors (Lipinski definition) is 2. The Hall–Kier alpha value is -3.41. The van der Waals surface area contributed by atoms with Crippen LogP contribution in [0.5, 0.6) is 0 Å². The van der Waals surface area contributed by atoms with E-state index in [4.69, 9.17) is 11.0 Å². The lowest BCUT2D eigenvalue weighted by molar-refractivity contribution is -0.105. The number of aryl methyl sites for hydroxylation is 1. The third-order valence-corrected chi connectivity index (χ3v) is 4.84. The van der Waals surface area contributed by atoms with Crippen molar-refractivity contribution in [3.8, 4) is 6.07 Å². The fourth-order valence-corrected chi connectivity index (χ4v) is 3.10. The summed E-state index contributed by atoms with van der Waals surface area (Å²) in [6.07, 6.45) is 1.07. The number of nitrogens with one attached hydrogen (secondary N) is 1. The molecule has 1 aliphatic rings. The second kappa shape index (κ2) is 13.8. The third-order valence-electron chi connectivity index (χ3n) is 4.84. The van der Waals surface area contributed by atoms with E-state index in [1.54, 1.807) is 12.3 Å². The number of amides is 1. The van der Waals surface area contributed by atoms with Crippen molar-refractivity contribution in [3.63, 3.8) is 0 Å². The van der Waals surface area contributed by atoms with Crippen molar-refractivity contribution in [2.75, 3.05) is 5.32 Å². The van der Waals surface area contributed by atoms with E-state index >= 15 is 0 Å². The summed E-state index contributed by atoms with van der Waals surface area (Å²) in [5, 5.41) is 10.7. The molecule has 2 unspecified atom stereocenters. The molecule has 1 aromatic heterocycles. The van der Waals surface area contributed by atoms with Crippen molar-refractivity contribution >= 4 is 17.9 Å². The van der Waals surface area contributed by atoms with E-state index in [2.05, 4.69) is 15.3 Å². The van der Waals surface area contributed by atoms with Crippen LogP contribution in [0.3, 0.4) is 0 Å². The molecule has 0 radical (unpaired) electrons. The van der Waals surface area contributed by atoms with Gasteiger partial charge in [0.1, 0.15) is 17.9 Å². The molecule has 3 rings (SSSR count). The first-order valence-electron chi connectivity index (χ1n) is 10.1. The Kier molecular flexibility index (Phi) is 11.5. The number of carbonyl (C=O) groups excluding carboxylic acids is 1. The van der Waals surface area contributed by atoms with Gasteiger partial charge in [-0.15, -0.1) is 0 Å². The van der Waals surface area contributed by atoms with Gasteiger partial charge in [-0.2, -0.15) is 5.26 Å². The summed E-state index contributed by atoms with van der Waals surface area (Å²) < 4.78 is 36.9. The van der Waals surface area contributed by atoms with Crippen molar-refractivity contribution in [2.45, 2.75) is 46.1 Å². The molecule has 9 heteroatoms. The van der Waals surface area contributed by atoms with Crippen LogP contribution in [0.4, 0.5) is 18.9 Å². The molecular weight excluding hydrogens is 419 g/mol. The Labute approximate surface area is 186 Å². The number of hydrogen-bond acceptors (Lipinski definition) is 5. The molecule has 2 aromatic rings. The molecule has 172 valence electrons. The van der Waals surface area contributed by atoms with Crippen molar-refractivity contribution in [2.24, 2.45) is 22.6 Å². The maximum atomic E-state index is 12.3. The minimum Gasteiger partial charge on any atom is -0.387 e. The zero-order chi connectivity index (χ0) is 24.1. The summed E-state index contributed by atoms with van der Waals surface area (Å²) in [4.78, 5) is 17.6. The van der Waals surface area contributed by atoms with Crippen LogP contribution in [0.2, 0.25) is 0 Å². The van der Waals surface area contributed by atoms with E-state index < -0.39 is 12.5 Å². The standard InChI is InChI=1S/C9H16F2N2.C7H6FNO.C7H6N2/c1-3-6-5(2)4-7(8(10)11)13-9(6)12;8-6-1-3-7(4-2-6)9-5-10;1-6-2-3-7(4-8)5-9-6/h5-8H,3-4H2,1-2H3,(H2,12,13);1-5H,(H,9,10);2-3,5H,1H3/t5-,6?,7?;;/m1../s1. The highest BCUT2D eigenvalue weighted by molar-refractivity contribution is 5.83. The Morgan fingerprint density at radius 1 is 1.28 bits per heavy atom. The highest BCUT2D eigenvalue weighted by atomic mass is 19.3. The van der Waals surface area contributed by atoms with Gasteiger partial charge in [0.15, 0.2) is 0 Å².